The van der Waals surface area contributed by atoms with Crippen LogP contribution >= 0.6 is 0 Å². The lowest BCUT2D eigenvalue weighted by molar-refractivity contribution is 0.0342. The molecule has 0 aliphatic carbocycles. The maximum atomic E-state index is 12.3. The minimum Gasteiger partial charge on any atom is -0.398 e. The zero-order valence-electron chi connectivity index (χ0n) is 12.2. The fourth-order valence-electron chi connectivity index (χ4n) is 2.42. The largest absolute Gasteiger partial charge is 0.398 e. The van der Waals surface area contributed by atoms with Gasteiger partial charge in [0.15, 0.2) is 0 Å². The number of rotatable bonds is 4. The third-order valence-electron chi connectivity index (χ3n) is 3.63. The Morgan fingerprint density at radius 2 is 2.15 bits per heavy atom. The van der Waals surface area contributed by atoms with E-state index in [0.29, 0.717) is 11.3 Å². The molecule has 1 aromatic carbocycles. The Morgan fingerprint density at radius 1 is 1.45 bits per heavy atom. The van der Waals surface area contributed by atoms with Crippen LogP contribution in [-0.2, 0) is 4.74 Å². The number of nitrogens with zero attached hydrogens (tertiary/aromatic N) is 1. The van der Waals surface area contributed by atoms with Crippen LogP contribution in [0.15, 0.2) is 18.2 Å². The van der Waals surface area contributed by atoms with E-state index < -0.39 is 0 Å². The first-order valence-corrected chi connectivity index (χ1v) is 7.04. The van der Waals surface area contributed by atoms with Crippen molar-refractivity contribution in [3.05, 3.63) is 29.3 Å². The van der Waals surface area contributed by atoms with E-state index in [1.165, 1.54) is 0 Å². The summed E-state index contributed by atoms with van der Waals surface area (Å²) in [6, 6.07) is 5.52. The van der Waals surface area contributed by atoms with Gasteiger partial charge in [0.05, 0.1) is 13.2 Å². The number of nitrogens with two attached hydrogens (primary N) is 1. The first-order chi connectivity index (χ1) is 9.58. The first-order valence-electron chi connectivity index (χ1n) is 7.04. The second-order valence-corrected chi connectivity index (χ2v) is 5.31. The molecule has 1 heterocycles. The van der Waals surface area contributed by atoms with Crippen LogP contribution in [0.1, 0.15) is 22.8 Å². The van der Waals surface area contributed by atoms with E-state index in [2.05, 4.69) is 10.2 Å². The molecular weight excluding hydrogens is 254 g/mol. The summed E-state index contributed by atoms with van der Waals surface area (Å²) in [4.78, 5) is 14.6. The molecule has 1 unspecified atom stereocenters. The number of morpholine rings is 1. The van der Waals surface area contributed by atoms with E-state index in [1.807, 2.05) is 32.0 Å². The second-order valence-electron chi connectivity index (χ2n) is 5.31. The molecule has 110 valence electrons. The van der Waals surface area contributed by atoms with Crippen LogP contribution in [0, 0.1) is 6.92 Å². The lowest BCUT2D eigenvalue weighted by Crippen LogP contribution is -2.46. The third kappa shape index (κ3) is 3.71. The van der Waals surface area contributed by atoms with Crippen LogP contribution in [0.2, 0.25) is 0 Å². The predicted molar refractivity (Wildman–Crippen MR) is 79.8 cm³/mol. The number of hydrogen-bond donors (Lipinski definition) is 2. The number of nitrogens with one attached hydrogen (secondary N) is 1. The smallest absolute Gasteiger partial charge is 0.251 e. The number of benzene rings is 1. The highest BCUT2D eigenvalue weighted by Gasteiger charge is 2.17. The number of anilines is 1. The summed E-state index contributed by atoms with van der Waals surface area (Å²) >= 11 is 0. The Morgan fingerprint density at radius 3 is 2.85 bits per heavy atom. The summed E-state index contributed by atoms with van der Waals surface area (Å²) in [5.74, 6) is -0.0597. The molecule has 1 aliphatic heterocycles. The van der Waals surface area contributed by atoms with Gasteiger partial charge in [-0.3, -0.25) is 9.69 Å². The highest BCUT2D eigenvalue weighted by Crippen LogP contribution is 2.15. The Kier molecular flexibility index (Phi) is 4.98. The van der Waals surface area contributed by atoms with Crippen molar-refractivity contribution in [2.45, 2.75) is 19.9 Å². The molecular formula is C15H23N3O2. The van der Waals surface area contributed by atoms with Crippen LogP contribution < -0.4 is 11.1 Å². The van der Waals surface area contributed by atoms with E-state index in [-0.39, 0.29) is 11.9 Å². The highest BCUT2D eigenvalue weighted by atomic mass is 16.5. The van der Waals surface area contributed by atoms with Crippen molar-refractivity contribution >= 4 is 11.6 Å². The quantitative estimate of drug-likeness (QED) is 0.807. The molecule has 1 fully saturated rings. The van der Waals surface area contributed by atoms with Crippen LogP contribution in [0.3, 0.4) is 0 Å². The van der Waals surface area contributed by atoms with Gasteiger partial charge in [-0.25, -0.2) is 0 Å². The van der Waals surface area contributed by atoms with Crippen molar-refractivity contribution < 1.29 is 9.53 Å². The van der Waals surface area contributed by atoms with Gasteiger partial charge in [-0.1, -0.05) is 6.07 Å². The normalized spacial score (nSPS) is 17.7. The van der Waals surface area contributed by atoms with E-state index in [4.69, 9.17) is 10.5 Å². The number of carbonyl (C=O) groups is 1. The van der Waals surface area contributed by atoms with E-state index in [1.54, 1.807) is 0 Å². The summed E-state index contributed by atoms with van der Waals surface area (Å²) in [6.45, 7) is 8.14. The Bertz CT molecular complexity index is 470. The monoisotopic (exact) mass is 277 g/mol. The standard InChI is InChI=1S/C15H23N3O2/c1-11(10-18-6-8-20-9-7-18)17-15(19)13-4-3-5-14(16)12(13)2/h3-5,11H,6-10,16H2,1-2H3,(H,17,19). The second kappa shape index (κ2) is 6.72. The molecule has 2 rings (SSSR count). The molecule has 1 saturated heterocycles. The van der Waals surface area contributed by atoms with Gasteiger partial charge >= 0.3 is 0 Å². The van der Waals surface area contributed by atoms with Crippen molar-refractivity contribution in [1.82, 2.24) is 10.2 Å². The maximum Gasteiger partial charge on any atom is 0.251 e. The minimum absolute atomic E-state index is 0.0597. The molecule has 20 heavy (non-hydrogen) atoms. The number of carbonyl (C=O) groups excluding carboxylic acids is 1. The number of amides is 1. The zero-order chi connectivity index (χ0) is 14.5. The van der Waals surface area contributed by atoms with Crippen molar-refractivity contribution in [2.75, 3.05) is 38.6 Å². The number of ether oxygens (including phenoxy) is 1. The topological polar surface area (TPSA) is 67.6 Å². The van der Waals surface area contributed by atoms with Crippen LogP contribution in [0.5, 0.6) is 0 Å². The summed E-state index contributed by atoms with van der Waals surface area (Å²) in [6.07, 6.45) is 0. The number of nitrogen functional groups attached to an aromatic ring is 1. The SMILES string of the molecule is Cc1c(N)cccc1C(=O)NC(C)CN1CCOCC1. The maximum absolute atomic E-state index is 12.3. The van der Waals surface area contributed by atoms with Gasteiger partial charge in [0.25, 0.3) is 5.91 Å². The van der Waals surface area contributed by atoms with Gasteiger partial charge in [-0.15, -0.1) is 0 Å². The van der Waals surface area contributed by atoms with Crippen molar-refractivity contribution in [1.29, 1.82) is 0 Å². The van der Waals surface area contributed by atoms with E-state index >= 15 is 0 Å². The fourth-order valence-corrected chi connectivity index (χ4v) is 2.42. The first kappa shape index (κ1) is 14.8. The van der Waals surface area contributed by atoms with Gasteiger partial charge in [-0.05, 0) is 31.5 Å². The van der Waals surface area contributed by atoms with Crippen molar-refractivity contribution in [3.63, 3.8) is 0 Å². The Hall–Kier alpha value is -1.59. The predicted octanol–water partition coefficient (Wildman–Crippen LogP) is 1.03. The summed E-state index contributed by atoms with van der Waals surface area (Å²) in [7, 11) is 0. The average Bonchev–Trinajstić information content (AvgIpc) is 2.42. The Balaban J connectivity index is 1.91. The molecule has 1 aliphatic rings. The molecule has 1 amide bonds. The number of hydrogen-bond acceptors (Lipinski definition) is 4. The van der Waals surface area contributed by atoms with Crippen molar-refractivity contribution in [3.8, 4) is 0 Å². The molecule has 0 aromatic heterocycles. The van der Waals surface area contributed by atoms with Gasteiger partial charge in [0.2, 0.25) is 0 Å². The van der Waals surface area contributed by atoms with E-state index in [0.717, 1.165) is 38.4 Å². The molecule has 0 radical (unpaired) electrons. The molecule has 1 atom stereocenters. The van der Waals surface area contributed by atoms with Crippen molar-refractivity contribution in [2.24, 2.45) is 0 Å². The van der Waals surface area contributed by atoms with Crippen LogP contribution in [-0.4, -0.2) is 49.7 Å². The average molecular weight is 277 g/mol. The molecule has 0 spiro atoms. The molecule has 0 bridgehead atoms. The van der Waals surface area contributed by atoms with Gasteiger partial charge in [0, 0.05) is 36.9 Å². The van der Waals surface area contributed by atoms with Gasteiger partial charge < -0.3 is 15.8 Å². The fraction of sp³-hybridized carbons (Fsp3) is 0.533. The highest BCUT2D eigenvalue weighted by molar-refractivity contribution is 5.97. The van der Waals surface area contributed by atoms with Crippen LogP contribution in [0.25, 0.3) is 0 Å². The summed E-state index contributed by atoms with van der Waals surface area (Å²) < 4.78 is 5.32. The van der Waals surface area contributed by atoms with Crippen LogP contribution in [0.4, 0.5) is 5.69 Å². The summed E-state index contributed by atoms with van der Waals surface area (Å²) in [5, 5.41) is 3.03. The van der Waals surface area contributed by atoms with Gasteiger partial charge in [0.1, 0.15) is 0 Å². The molecule has 3 N–H and O–H groups in total. The molecule has 1 aromatic rings. The lowest BCUT2D eigenvalue weighted by atomic mass is 10.1. The molecule has 5 heteroatoms. The molecule has 0 saturated carbocycles. The Labute approximate surface area is 120 Å². The van der Waals surface area contributed by atoms with E-state index in [9.17, 15) is 4.79 Å². The third-order valence-corrected chi connectivity index (χ3v) is 3.63. The zero-order valence-corrected chi connectivity index (χ0v) is 12.2. The minimum atomic E-state index is -0.0597. The lowest BCUT2D eigenvalue weighted by Gasteiger charge is -2.29. The molecule has 5 nitrogen and oxygen atoms in total. The summed E-state index contributed by atoms with van der Waals surface area (Å²) in [5.41, 5.74) is 7.98. The van der Waals surface area contributed by atoms with Gasteiger partial charge in [-0.2, -0.15) is 0 Å².